The summed E-state index contributed by atoms with van der Waals surface area (Å²) in [7, 11) is -3.83. The fourth-order valence-electron chi connectivity index (χ4n) is 4.91. The average Bonchev–Trinajstić information content (AvgIpc) is 3.50. The molecule has 0 aliphatic carbocycles. The molecule has 0 spiro atoms. The molecular formula is C23H26N4O3S2. The third kappa shape index (κ3) is 4.04. The standard InChI is InChI=1S/C23H26N4O3S2/c28-23(26-14-11-18(12-15-26)16-17-6-2-1-3-7-17)20-9-5-13-27(20)32(29,30)21-10-4-8-19-22(21)25-31-24-19/h1-4,6-8,10,18,20H,5,9,11-16H2/t20-/m0/s1. The van der Waals surface area contributed by atoms with Gasteiger partial charge in [0.25, 0.3) is 0 Å². The van der Waals surface area contributed by atoms with Gasteiger partial charge in [-0.3, -0.25) is 4.79 Å². The van der Waals surface area contributed by atoms with Crippen LogP contribution in [0, 0.1) is 5.92 Å². The summed E-state index contributed by atoms with van der Waals surface area (Å²) in [5, 5.41) is 0. The minimum absolute atomic E-state index is 0.0622. The predicted molar refractivity (Wildman–Crippen MR) is 124 cm³/mol. The first-order chi connectivity index (χ1) is 15.5. The Kier molecular flexibility index (Phi) is 5.96. The molecule has 0 N–H and O–H groups in total. The highest BCUT2D eigenvalue weighted by atomic mass is 32.2. The number of aromatic nitrogens is 2. The summed E-state index contributed by atoms with van der Waals surface area (Å²) in [6, 6.07) is 14.8. The van der Waals surface area contributed by atoms with Gasteiger partial charge in [-0.05, 0) is 55.7 Å². The van der Waals surface area contributed by atoms with Crippen molar-refractivity contribution in [1.82, 2.24) is 18.0 Å². The Morgan fingerprint density at radius 2 is 1.75 bits per heavy atom. The zero-order valence-electron chi connectivity index (χ0n) is 17.8. The Bertz CT molecular complexity index is 1200. The van der Waals surface area contributed by atoms with E-state index in [1.807, 2.05) is 11.0 Å². The number of hydrogen-bond acceptors (Lipinski definition) is 6. The number of rotatable bonds is 5. The number of sulfonamides is 1. The van der Waals surface area contributed by atoms with E-state index in [0.717, 1.165) is 31.0 Å². The summed E-state index contributed by atoms with van der Waals surface area (Å²) in [6.07, 6.45) is 4.17. The smallest absolute Gasteiger partial charge is 0.246 e. The predicted octanol–water partition coefficient (Wildman–Crippen LogP) is 3.33. The van der Waals surface area contributed by atoms with Gasteiger partial charge in [0.1, 0.15) is 22.0 Å². The highest BCUT2D eigenvalue weighted by Crippen LogP contribution is 2.32. The Hall–Kier alpha value is -2.36. The van der Waals surface area contributed by atoms with E-state index in [-0.39, 0.29) is 10.8 Å². The molecular weight excluding hydrogens is 444 g/mol. The average molecular weight is 471 g/mol. The first-order valence-electron chi connectivity index (χ1n) is 11.1. The Morgan fingerprint density at radius 1 is 0.969 bits per heavy atom. The molecule has 2 saturated heterocycles. The maximum atomic E-state index is 13.5. The van der Waals surface area contributed by atoms with Crippen molar-refractivity contribution in [2.75, 3.05) is 19.6 Å². The number of benzene rings is 2. The lowest BCUT2D eigenvalue weighted by atomic mass is 9.90. The summed E-state index contributed by atoms with van der Waals surface area (Å²) in [6.45, 7) is 1.73. The number of carbonyl (C=O) groups excluding carboxylic acids is 1. The van der Waals surface area contributed by atoms with E-state index >= 15 is 0 Å². The minimum atomic E-state index is -3.83. The van der Waals surface area contributed by atoms with Crippen LogP contribution in [0.5, 0.6) is 0 Å². The molecule has 32 heavy (non-hydrogen) atoms. The minimum Gasteiger partial charge on any atom is -0.341 e. The highest BCUT2D eigenvalue weighted by Gasteiger charge is 2.42. The van der Waals surface area contributed by atoms with Crippen LogP contribution in [-0.2, 0) is 21.2 Å². The molecule has 3 aromatic rings. The van der Waals surface area contributed by atoms with Crippen LogP contribution in [0.3, 0.4) is 0 Å². The Morgan fingerprint density at radius 3 is 2.53 bits per heavy atom. The van der Waals surface area contributed by atoms with Gasteiger partial charge >= 0.3 is 0 Å². The van der Waals surface area contributed by atoms with E-state index in [0.29, 0.717) is 49.4 Å². The number of hydrogen-bond donors (Lipinski definition) is 0. The van der Waals surface area contributed by atoms with E-state index in [1.165, 1.54) is 9.87 Å². The molecule has 0 bridgehead atoms. The second-order valence-electron chi connectivity index (χ2n) is 8.62. The van der Waals surface area contributed by atoms with Crippen LogP contribution in [0.15, 0.2) is 53.4 Å². The largest absolute Gasteiger partial charge is 0.341 e. The van der Waals surface area contributed by atoms with Gasteiger partial charge < -0.3 is 4.90 Å². The van der Waals surface area contributed by atoms with Crippen molar-refractivity contribution in [2.45, 2.75) is 43.0 Å². The van der Waals surface area contributed by atoms with Crippen LogP contribution < -0.4 is 0 Å². The summed E-state index contributed by atoms with van der Waals surface area (Å²) in [5.74, 6) is 0.493. The third-order valence-electron chi connectivity index (χ3n) is 6.62. The Labute approximate surface area is 192 Å². The molecule has 2 fully saturated rings. The lowest BCUT2D eigenvalue weighted by Crippen LogP contribution is -2.50. The van der Waals surface area contributed by atoms with E-state index in [9.17, 15) is 13.2 Å². The van der Waals surface area contributed by atoms with Crippen LogP contribution in [0.25, 0.3) is 11.0 Å². The van der Waals surface area contributed by atoms with Gasteiger partial charge in [-0.1, -0.05) is 36.4 Å². The molecule has 168 valence electrons. The number of amides is 1. The van der Waals surface area contributed by atoms with Crippen LogP contribution in [0.1, 0.15) is 31.2 Å². The van der Waals surface area contributed by atoms with Crippen molar-refractivity contribution >= 4 is 38.7 Å². The van der Waals surface area contributed by atoms with Gasteiger partial charge in [-0.2, -0.15) is 13.1 Å². The third-order valence-corrected chi connectivity index (χ3v) is 9.10. The van der Waals surface area contributed by atoms with Crippen molar-refractivity contribution in [3.63, 3.8) is 0 Å². The molecule has 1 amide bonds. The maximum absolute atomic E-state index is 13.5. The van der Waals surface area contributed by atoms with Crippen LogP contribution in [0.4, 0.5) is 0 Å². The van der Waals surface area contributed by atoms with E-state index in [2.05, 4.69) is 33.0 Å². The summed E-state index contributed by atoms with van der Waals surface area (Å²) in [5.41, 5.74) is 2.28. The van der Waals surface area contributed by atoms with Crippen LogP contribution >= 0.6 is 11.7 Å². The fraction of sp³-hybridized carbons (Fsp3) is 0.435. The van der Waals surface area contributed by atoms with E-state index < -0.39 is 16.1 Å². The van der Waals surface area contributed by atoms with Gasteiger partial charge in [0, 0.05) is 19.6 Å². The van der Waals surface area contributed by atoms with Gasteiger partial charge in [0.2, 0.25) is 15.9 Å². The van der Waals surface area contributed by atoms with Gasteiger partial charge in [0.15, 0.2) is 0 Å². The molecule has 2 aromatic carbocycles. The molecule has 9 heteroatoms. The van der Waals surface area contributed by atoms with Crippen LogP contribution in [0.2, 0.25) is 0 Å². The maximum Gasteiger partial charge on any atom is 0.246 e. The molecule has 2 aliphatic rings. The molecule has 0 radical (unpaired) electrons. The zero-order valence-corrected chi connectivity index (χ0v) is 19.4. The fourth-order valence-corrected chi connectivity index (χ4v) is 7.31. The molecule has 3 heterocycles. The first-order valence-corrected chi connectivity index (χ1v) is 13.3. The lowest BCUT2D eigenvalue weighted by molar-refractivity contribution is -0.136. The second-order valence-corrected chi connectivity index (χ2v) is 11.0. The van der Waals surface area contributed by atoms with Crippen LogP contribution in [-0.4, -0.2) is 58.0 Å². The van der Waals surface area contributed by atoms with Crippen molar-refractivity contribution in [1.29, 1.82) is 0 Å². The number of likely N-dealkylation sites (tertiary alicyclic amines) is 1. The van der Waals surface area contributed by atoms with Crippen molar-refractivity contribution in [3.05, 3.63) is 54.1 Å². The highest BCUT2D eigenvalue weighted by molar-refractivity contribution is 7.89. The van der Waals surface area contributed by atoms with Crippen molar-refractivity contribution in [3.8, 4) is 0 Å². The second kappa shape index (κ2) is 8.88. The summed E-state index contributed by atoms with van der Waals surface area (Å²) < 4.78 is 36.7. The van der Waals surface area contributed by atoms with Crippen molar-refractivity contribution in [2.24, 2.45) is 5.92 Å². The molecule has 0 unspecified atom stereocenters. The number of piperidine rings is 1. The molecule has 1 aromatic heterocycles. The van der Waals surface area contributed by atoms with E-state index in [1.54, 1.807) is 18.2 Å². The molecule has 0 saturated carbocycles. The SMILES string of the molecule is O=C([C@@H]1CCCN1S(=O)(=O)c1cccc2nsnc12)N1CCC(Cc2ccccc2)CC1. The van der Waals surface area contributed by atoms with Gasteiger partial charge in [0.05, 0.1) is 11.7 Å². The summed E-state index contributed by atoms with van der Waals surface area (Å²) >= 11 is 0.998. The lowest BCUT2D eigenvalue weighted by Gasteiger charge is -2.35. The normalized spacial score (nSPS) is 20.8. The van der Waals surface area contributed by atoms with E-state index in [4.69, 9.17) is 0 Å². The quantitative estimate of drug-likeness (QED) is 0.571. The first kappa shape index (κ1) is 21.5. The molecule has 7 nitrogen and oxygen atoms in total. The number of nitrogens with zero attached hydrogens (tertiary/aromatic N) is 4. The van der Waals surface area contributed by atoms with Crippen molar-refractivity contribution < 1.29 is 13.2 Å². The molecule has 1 atom stereocenters. The number of carbonyl (C=O) groups is 1. The molecule has 5 rings (SSSR count). The number of fused-ring (bicyclic) bond motifs is 1. The topological polar surface area (TPSA) is 83.5 Å². The van der Waals surface area contributed by atoms with Gasteiger partial charge in [-0.15, -0.1) is 0 Å². The summed E-state index contributed by atoms with van der Waals surface area (Å²) in [4.78, 5) is 15.4. The van der Waals surface area contributed by atoms with Gasteiger partial charge in [-0.25, -0.2) is 8.42 Å². The Balaban J connectivity index is 1.28. The monoisotopic (exact) mass is 470 g/mol. The molecule has 2 aliphatic heterocycles. The zero-order chi connectivity index (χ0) is 22.1.